The van der Waals surface area contributed by atoms with E-state index in [1.54, 1.807) is 6.08 Å². The Hall–Kier alpha value is -2.64. The van der Waals surface area contributed by atoms with E-state index in [9.17, 15) is 35.1 Å². The molecular formula is C57H101NO10. The molecule has 7 atom stereocenters. The smallest absolute Gasteiger partial charge is 0.305 e. The molecule has 1 amide bonds. The van der Waals surface area contributed by atoms with Crippen molar-refractivity contribution < 1.29 is 49.3 Å². The molecule has 1 rings (SSSR count). The first-order chi connectivity index (χ1) is 33.2. The lowest BCUT2D eigenvalue weighted by Crippen LogP contribution is -2.60. The van der Waals surface area contributed by atoms with Gasteiger partial charge in [-0.1, -0.05) is 190 Å². The van der Waals surface area contributed by atoms with Gasteiger partial charge in [-0.3, -0.25) is 9.59 Å². The second-order valence-electron chi connectivity index (χ2n) is 18.9. The standard InChI is InChI=1S/C57H101NO10/c1-3-5-7-9-11-13-15-16-18-22-25-29-33-37-41-45-53(62)66-46-42-38-34-30-26-23-20-17-19-21-24-28-32-36-40-44-52(61)58-49(48-67-57-56(65)55(64)54(63)51(47-59)68-57)50(60)43-39-35-31-27-14-12-10-8-6-4-2/h6,8,14,17,20,23,26-27,39,43,49-51,54-57,59-60,63-65H,3-5,7,9-13,15-16,18-19,21-22,24-25,28-38,40-42,44-48H2,1-2H3,(H,58,61)/b8-6+,20-17-,26-23-,27-14+,43-39+. The lowest BCUT2D eigenvalue weighted by Gasteiger charge is -2.40. The number of allylic oxidation sites excluding steroid dienone is 9. The van der Waals surface area contributed by atoms with E-state index in [0.29, 0.717) is 32.3 Å². The van der Waals surface area contributed by atoms with Crippen LogP contribution < -0.4 is 5.32 Å². The van der Waals surface area contributed by atoms with Gasteiger partial charge in [0.2, 0.25) is 5.91 Å². The van der Waals surface area contributed by atoms with E-state index in [1.165, 1.54) is 83.5 Å². The monoisotopic (exact) mass is 960 g/mol. The van der Waals surface area contributed by atoms with Gasteiger partial charge in [0.25, 0.3) is 0 Å². The SMILES string of the molecule is CC/C=C/CC/C=C/CC/C=C/C(O)C(COC1OC(CO)C(O)C(O)C1O)NC(=O)CCCCCCCC/C=C\C=C/CCCCCOC(=O)CCCCCCCCCCCCCCCCC. The van der Waals surface area contributed by atoms with Crippen LogP contribution >= 0.6 is 0 Å². The van der Waals surface area contributed by atoms with Crippen molar-refractivity contribution in [3.63, 3.8) is 0 Å². The Morgan fingerprint density at radius 1 is 0.559 bits per heavy atom. The van der Waals surface area contributed by atoms with Crippen LogP contribution in [0.3, 0.4) is 0 Å². The fourth-order valence-corrected chi connectivity index (χ4v) is 8.23. The van der Waals surface area contributed by atoms with Gasteiger partial charge >= 0.3 is 5.97 Å². The highest BCUT2D eigenvalue weighted by Gasteiger charge is 2.44. The molecule has 1 aliphatic heterocycles. The highest BCUT2D eigenvalue weighted by Crippen LogP contribution is 2.23. The highest BCUT2D eigenvalue weighted by molar-refractivity contribution is 5.76. The highest BCUT2D eigenvalue weighted by atomic mass is 16.7. The van der Waals surface area contributed by atoms with Crippen LogP contribution in [-0.4, -0.2) is 100 Å². The molecule has 0 aliphatic carbocycles. The van der Waals surface area contributed by atoms with Crippen LogP contribution in [0.2, 0.25) is 0 Å². The topological polar surface area (TPSA) is 175 Å². The van der Waals surface area contributed by atoms with Crippen molar-refractivity contribution in [2.45, 2.75) is 269 Å². The molecule has 1 heterocycles. The normalized spacial score (nSPS) is 19.9. The maximum Gasteiger partial charge on any atom is 0.305 e. The average Bonchev–Trinajstić information content (AvgIpc) is 3.33. The molecule has 11 nitrogen and oxygen atoms in total. The van der Waals surface area contributed by atoms with E-state index in [0.717, 1.165) is 103 Å². The molecule has 11 heteroatoms. The molecule has 0 saturated carbocycles. The Morgan fingerprint density at radius 3 is 1.59 bits per heavy atom. The summed E-state index contributed by atoms with van der Waals surface area (Å²) in [5, 5.41) is 54.1. The number of rotatable bonds is 46. The number of esters is 1. The van der Waals surface area contributed by atoms with Crippen LogP contribution in [0.4, 0.5) is 0 Å². The summed E-state index contributed by atoms with van der Waals surface area (Å²) in [7, 11) is 0. The maximum atomic E-state index is 13.0. The molecule has 0 spiro atoms. The lowest BCUT2D eigenvalue weighted by atomic mass is 9.99. The molecule has 7 unspecified atom stereocenters. The number of ether oxygens (including phenoxy) is 3. The average molecular weight is 960 g/mol. The number of amides is 1. The minimum atomic E-state index is -1.59. The number of hydrogen-bond acceptors (Lipinski definition) is 10. The van der Waals surface area contributed by atoms with E-state index < -0.39 is 49.5 Å². The Kier molecular flexibility index (Phi) is 43.5. The third kappa shape index (κ3) is 36.3. The zero-order valence-corrected chi connectivity index (χ0v) is 43.0. The Bertz CT molecular complexity index is 1310. The largest absolute Gasteiger partial charge is 0.466 e. The molecule has 1 aliphatic rings. The number of aliphatic hydroxyl groups excluding tert-OH is 5. The number of carbonyl (C=O) groups excluding carboxylic acids is 2. The fraction of sp³-hybridized carbons (Fsp3) is 0.789. The molecule has 0 radical (unpaired) electrons. The molecule has 394 valence electrons. The zero-order chi connectivity index (χ0) is 49.6. The van der Waals surface area contributed by atoms with Gasteiger partial charge in [0.1, 0.15) is 24.4 Å². The van der Waals surface area contributed by atoms with E-state index >= 15 is 0 Å². The number of hydrogen-bond donors (Lipinski definition) is 6. The van der Waals surface area contributed by atoms with Gasteiger partial charge in [-0.2, -0.15) is 0 Å². The van der Waals surface area contributed by atoms with Crippen molar-refractivity contribution in [2.24, 2.45) is 0 Å². The predicted octanol–water partition coefficient (Wildman–Crippen LogP) is 11.9. The predicted molar refractivity (Wildman–Crippen MR) is 278 cm³/mol. The lowest BCUT2D eigenvalue weighted by molar-refractivity contribution is -0.302. The van der Waals surface area contributed by atoms with Crippen LogP contribution in [0.25, 0.3) is 0 Å². The van der Waals surface area contributed by atoms with Crippen LogP contribution in [0.5, 0.6) is 0 Å². The minimum absolute atomic E-state index is 0.0407. The molecule has 0 bridgehead atoms. The first-order valence-electron chi connectivity index (χ1n) is 27.6. The van der Waals surface area contributed by atoms with E-state index in [2.05, 4.69) is 67.8 Å². The molecule has 1 saturated heterocycles. The molecule has 0 aromatic heterocycles. The summed E-state index contributed by atoms with van der Waals surface area (Å²) in [6, 6.07) is -0.851. The molecule has 0 aromatic rings. The summed E-state index contributed by atoms with van der Waals surface area (Å²) in [6.07, 6.45) is 48.9. The minimum Gasteiger partial charge on any atom is -0.466 e. The fourth-order valence-electron chi connectivity index (χ4n) is 8.23. The summed E-state index contributed by atoms with van der Waals surface area (Å²) in [5.74, 6) is -0.263. The molecule has 0 aromatic carbocycles. The van der Waals surface area contributed by atoms with Crippen LogP contribution in [0.15, 0.2) is 60.8 Å². The third-order valence-corrected chi connectivity index (χ3v) is 12.6. The first kappa shape index (κ1) is 63.4. The van der Waals surface area contributed by atoms with Crippen LogP contribution in [-0.2, 0) is 23.8 Å². The summed E-state index contributed by atoms with van der Waals surface area (Å²) in [6.45, 7) is 4.11. The first-order valence-corrected chi connectivity index (χ1v) is 27.6. The van der Waals surface area contributed by atoms with E-state index in [1.807, 2.05) is 6.08 Å². The summed E-state index contributed by atoms with van der Waals surface area (Å²) in [4.78, 5) is 25.0. The Morgan fingerprint density at radius 2 is 1.04 bits per heavy atom. The van der Waals surface area contributed by atoms with Crippen molar-refractivity contribution >= 4 is 11.9 Å². The van der Waals surface area contributed by atoms with Gasteiger partial charge < -0.3 is 45.1 Å². The van der Waals surface area contributed by atoms with Crippen molar-refractivity contribution in [2.75, 3.05) is 19.8 Å². The summed E-state index contributed by atoms with van der Waals surface area (Å²) in [5.41, 5.74) is 0. The number of nitrogens with one attached hydrogen (secondary N) is 1. The van der Waals surface area contributed by atoms with Crippen molar-refractivity contribution in [3.05, 3.63) is 60.8 Å². The van der Waals surface area contributed by atoms with Gasteiger partial charge in [-0.05, 0) is 83.5 Å². The van der Waals surface area contributed by atoms with Gasteiger partial charge in [-0.25, -0.2) is 0 Å². The molecule has 6 N–H and O–H groups in total. The number of carbonyl (C=O) groups is 2. The van der Waals surface area contributed by atoms with Gasteiger partial charge in [0, 0.05) is 12.8 Å². The van der Waals surface area contributed by atoms with Crippen molar-refractivity contribution in [3.8, 4) is 0 Å². The Labute approximate surface area is 414 Å². The molecule has 68 heavy (non-hydrogen) atoms. The second-order valence-corrected chi connectivity index (χ2v) is 18.9. The molecule has 1 fully saturated rings. The van der Waals surface area contributed by atoms with Gasteiger partial charge in [0.15, 0.2) is 6.29 Å². The maximum absolute atomic E-state index is 13.0. The third-order valence-electron chi connectivity index (χ3n) is 12.6. The number of aliphatic hydroxyl groups is 5. The van der Waals surface area contributed by atoms with Crippen LogP contribution in [0, 0.1) is 0 Å². The zero-order valence-electron chi connectivity index (χ0n) is 43.0. The second kappa shape index (κ2) is 46.7. The van der Waals surface area contributed by atoms with Crippen LogP contribution in [0.1, 0.15) is 226 Å². The number of unbranched alkanes of at least 4 members (excludes halogenated alkanes) is 25. The Balaban J connectivity index is 2.14. The van der Waals surface area contributed by atoms with Gasteiger partial charge in [0.05, 0.1) is 32.0 Å². The van der Waals surface area contributed by atoms with E-state index in [-0.39, 0.29) is 18.5 Å². The summed E-state index contributed by atoms with van der Waals surface area (Å²) < 4.78 is 16.6. The van der Waals surface area contributed by atoms with Crippen molar-refractivity contribution in [1.29, 1.82) is 0 Å². The molecular weight excluding hydrogens is 859 g/mol. The van der Waals surface area contributed by atoms with Crippen molar-refractivity contribution in [1.82, 2.24) is 5.32 Å². The van der Waals surface area contributed by atoms with Gasteiger partial charge in [-0.15, -0.1) is 0 Å². The quantitative estimate of drug-likeness (QED) is 0.0149. The summed E-state index contributed by atoms with van der Waals surface area (Å²) >= 11 is 0. The van der Waals surface area contributed by atoms with E-state index in [4.69, 9.17) is 14.2 Å².